The predicted molar refractivity (Wildman–Crippen MR) is 70.7 cm³/mol. The van der Waals surface area contributed by atoms with Gasteiger partial charge in [0.05, 0.1) is 23.9 Å². The molecule has 2 aliphatic rings. The van der Waals surface area contributed by atoms with Gasteiger partial charge in [0.15, 0.2) is 0 Å². The number of benzene rings is 1. The summed E-state index contributed by atoms with van der Waals surface area (Å²) in [5.74, 6) is -0.325. The molecule has 7 heteroatoms. The third-order valence-corrected chi connectivity index (χ3v) is 3.77. The standard InChI is InChI=1S/C12H10Cl2N2O3/c13-7-1-2-8(14)9(5-7)16-11(17)10-6-19-4-3-15(10)12(16)18/h1-2,5,10H,3-4,6H2. The number of morpholine rings is 1. The van der Waals surface area contributed by atoms with Crippen LogP contribution in [0.25, 0.3) is 0 Å². The number of halogens is 2. The van der Waals surface area contributed by atoms with Gasteiger partial charge in [0, 0.05) is 11.6 Å². The van der Waals surface area contributed by atoms with E-state index >= 15 is 0 Å². The van der Waals surface area contributed by atoms with Gasteiger partial charge < -0.3 is 9.64 Å². The summed E-state index contributed by atoms with van der Waals surface area (Å²) in [5.41, 5.74) is 0.318. The maximum Gasteiger partial charge on any atom is 0.332 e. The number of carbonyl (C=O) groups excluding carboxylic acids is 2. The number of rotatable bonds is 1. The molecule has 1 atom stereocenters. The molecule has 2 aliphatic heterocycles. The minimum Gasteiger partial charge on any atom is -0.377 e. The van der Waals surface area contributed by atoms with E-state index in [1.165, 1.54) is 11.0 Å². The summed E-state index contributed by atoms with van der Waals surface area (Å²) in [6.07, 6.45) is 0. The van der Waals surface area contributed by atoms with Gasteiger partial charge in [0.1, 0.15) is 6.04 Å². The van der Waals surface area contributed by atoms with Crippen molar-refractivity contribution in [2.75, 3.05) is 24.7 Å². The fourth-order valence-electron chi connectivity index (χ4n) is 2.29. The van der Waals surface area contributed by atoms with Crippen molar-refractivity contribution in [2.45, 2.75) is 6.04 Å². The number of urea groups is 1. The van der Waals surface area contributed by atoms with Gasteiger partial charge in [-0.1, -0.05) is 23.2 Å². The van der Waals surface area contributed by atoms with Crippen LogP contribution in [0, 0.1) is 0 Å². The van der Waals surface area contributed by atoms with Crippen LogP contribution in [0.15, 0.2) is 18.2 Å². The molecule has 5 nitrogen and oxygen atoms in total. The summed E-state index contributed by atoms with van der Waals surface area (Å²) in [6, 6.07) is 3.75. The van der Waals surface area contributed by atoms with Crippen molar-refractivity contribution in [3.8, 4) is 0 Å². The zero-order valence-corrected chi connectivity index (χ0v) is 11.3. The summed E-state index contributed by atoms with van der Waals surface area (Å²) in [6.45, 7) is 1.07. The van der Waals surface area contributed by atoms with Crippen LogP contribution in [0.3, 0.4) is 0 Å². The molecule has 1 unspecified atom stereocenters. The zero-order chi connectivity index (χ0) is 13.6. The first-order chi connectivity index (χ1) is 9.09. The molecule has 1 aromatic rings. The Morgan fingerprint density at radius 3 is 2.79 bits per heavy atom. The first-order valence-corrected chi connectivity index (χ1v) is 6.52. The number of imide groups is 1. The minimum atomic E-state index is -0.559. The highest BCUT2D eigenvalue weighted by Gasteiger charge is 2.47. The summed E-state index contributed by atoms with van der Waals surface area (Å²) in [5, 5.41) is 0.730. The van der Waals surface area contributed by atoms with Crippen molar-refractivity contribution in [1.29, 1.82) is 0 Å². The lowest BCUT2D eigenvalue weighted by Crippen LogP contribution is -2.45. The molecule has 19 heavy (non-hydrogen) atoms. The van der Waals surface area contributed by atoms with E-state index in [0.29, 0.717) is 28.9 Å². The number of carbonyl (C=O) groups is 2. The molecule has 100 valence electrons. The predicted octanol–water partition coefficient (Wildman–Crippen LogP) is 2.16. The highest BCUT2D eigenvalue weighted by Crippen LogP contribution is 2.34. The van der Waals surface area contributed by atoms with E-state index in [-0.39, 0.29) is 18.5 Å². The monoisotopic (exact) mass is 300 g/mol. The molecule has 0 radical (unpaired) electrons. The van der Waals surface area contributed by atoms with Gasteiger partial charge in [-0.2, -0.15) is 0 Å². The van der Waals surface area contributed by atoms with Crippen molar-refractivity contribution in [2.24, 2.45) is 0 Å². The molecule has 2 saturated heterocycles. The second-order valence-electron chi connectivity index (χ2n) is 4.34. The van der Waals surface area contributed by atoms with Crippen LogP contribution in [0.4, 0.5) is 10.5 Å². The number of amides is 3. The van der Waals surface area contributed by atoms with Crippen LogP contribution in [-0.2, 0) is 9.53 Å². The van der Waals surface area contributed by atoms with Gasteiger partial charge in [0.25, 0.3) is 5.91 Å². The Bertz CT molecular complexity index is 540. The fraction of sp³-hybridized carbons (Fsp3) is 0.333. The Kier molecular flexibility index (Phi) is 3.12. The molecule has 0 bridgehead atoms. The number of hydrogen-bond donors (Lipinski definition) is 0. The van der Waals surface area contributed by atoms with Crippen molar-refractivity contribution in [1.82, 2.24) is 4.90 Å². The summed E-state index contributed by atoms with van der Waals surface area (Å²) < 4.78 is 5.24. The number of hydrogen-bond acceptors (Lipinski definition) is 3. The molecule has 0 N–H and O–H groups in total. The second-order valence-corrected chi connectivity index (χ2v) is 5.18. The van der Waals surface area contributed by atoms with E-state index in [4.69, 9.17) is 27.9 Å². The lowest BCUT2D eigenvalue weighted by atomic mass is 10.2. The molecule has 3 rings (SSSR count). The van der Waals surface area contributed by atoms with Crippen LogP contribution in [0.1, 0.15) is 0 Å². The molecule has 1 aromatic carbocycles. The van der Waals surface area contributed by atoms with Crippen molar-refractivity contribution in [3.63, 3.8) is 0 Å². The average molecular weight is 301 g/mol. The summed E-state index contributed by atoms with van der Waals surface area (Å²) in [4.78, 5) is 27.2. The van der Waals surface area contributed by atoms with Gasteiger partial charge in [0.2, 0.25) is 0 Å². The Balaban J connectivity index is 2.03. The molecular weight excluding hydrogens is 291 g/mol. The van der Waals surface area contributed by atoms with E-state index in [0.717, 1.165) is 4.90 Å². The molecule has 0 saturated carbocycles. The fourth-order valence-corrected chi connectivity index (χ4v) is 2.66. The van der Waals surface area contributed by atoms with E-state index < -0.39 is 6.04 Å². The Hall–Kier alpha value is -1.30. The van der Waals surface area contributed by atoms with Gasteiger partial charge in [-0.15, -0.1) is 0 Å². The SMILES string of the molecule is O=C1C2COCCN2C(=O)N1c1cc(Cl)ccc1Cl. The average Bonchev–Trinajstić information content (AvgIpc) is 2.66. The highest BCUT2D eigenvalue weighted by atomic mass is 35.5. The summed E-state index contributed by atoms with van der Waals surface area (Å²) in [7, 11) is 0. The number of anilines is 1. The van der Waals surface area contributed by atoms with E-state index in [2.05, 4.69) is 0 Å². The Morgan fingerprint density at radius 2 is 2.05 bits per heavy atom. The van der Waals surface area contributed by atoms with Crippen LogP contribution in [0.5, 0.6) is 0 Å². The van der Waals surface area contributed by atoms with E-state index in [1.54, 1.807) is 12.1 Å². The zero-order valence-electron chi connectivity index (χ0n) is 9.81. The van der Waals surface area contributed by atoms with Crippen molar-refractivity contribution in [3.05, 3.63) is 28.2 Å². The quantitative estimate of drug-likeness (QED) is 0.747. The third kappa shape index (κ3) is 1.98. The lowest BCUT2D eigenvalue weighted by molar-refractivity contribution is -0.123. The molecule has 3 amide bonds. The van der Waals surface area contributed by atoms with Gasteiger partial charge in [-0.05, 0) is 18.2 Å². The topological polar surface area (TPSA) is 49.9 Å². The number of ether oxygens (including phenoxy) is 1. The van der Waals surface area contributed by atoms with E-state index in [9.17, 15) is 9.59 Å². The largest absolute Gasteiger partial charge is 0.377 e. The normalized spacial score (nSPS) is 22.9. The van der Waals surface area contributed by atoms with Crippen LogP contribution in [-0.4, -0.2) is 42.6 Å². The maximum absolute atomic E-state index is 12.3. The maximum atomic E-state index is 12.3. The van der Waals surface area contributed by atoms with Gasteiger partial charge in [-0.25, -0.2) is 9.69 Å². The number of fused-ring (bicyclic) bond motifs is 1. The lowest BCUT2D eigenvalue weighted by Gasteiger charge is -2.26. The van der Waals surface area contributed by atoms with Crippen LogP contribution < -0.4 is 4.90 Å². The minimum absolute atomic E-state index is 0.221. The van der Waals surface area contributed by atoms with Crippen LogP contribution >= 0.6 is 23.2 Å². The molecule has 2 fully saturated rings. The smallest absolute Gasteiger partial charge is 0.332 e. The van der Waals surface area contributed by atoms with Crippen molar-refractivity contribution < 1.29 is 14.3 Å². The first kappa shape index (κ1) is 12.7. The molecule has 0 spiro atoms. The second kappa shape index (κ2) is 4.67. The van der Waals surface area contributed by atoms with Gasteiger partial charge >= 0.3 is 6.03 Å². The Morgan fingerprint density at radius 1 is 1.26 bits per heavy atom. The number of nitrogens with zero attached hydrogens (tertiary/aromatic N) is 2. The van der Waals surface area contributed by atoms with E-state index in [1.807, 2.05) is 0 Å². The highest BCUT2D eigenvalue weighted by molar-refractivity contribution is 6.37. The molecular formula is C12H10Cl2N2O3. The van der Waals surface area contributed by atoms with Crippen molar-refractivity contribution >= 4 is 40.8 Å². The third-order valence-electron chi connectivity index (χ3n) is 3.22. The molecule has 2 heterocycles. The summed E-state index contributed by atoms with van der Waals surface area (Å²) >= 11 is 11.9. The molecule has 0 aliphatic carbocycles. The first-order valence-electron chi connectivity index (χ1n) is 5.77. The Labute approximate surface area is 119 Å². The molecule has 0 aromatic heterocycles. The van der Waals surface area contributed by atoms with Gasteiger partial charge in [-0.3, -0.25) is 4.79 Å². The van der Waals surface area contributed by atoms with Crippen LogP contribution in [0.2, 0.25) is 10.0 Å².